The summed E-state index contributed by atoms with van der Waals surface area (Å²) in [5, 5.41) is 6.67. The predicted molar refractivity (Wildman–Crippen MR) is 110 cm³/mol. The molecule has 4 rings (SSSR count). The van der Waals surface area contributed by atoms with Gasteiger partial charge in [-0.25, -0.2) is 0 Å². The zero-order chi connectivity index (χ0) is 18.6. The monoisotopic (exact) mass is 356 g/mol. The molecular weight excluding hydrogens is 332 g/mol. The van der Waals surface area contributed by atoms with Crippen LogP contribution in [0.1, 0.15) is 41.1 Å². The smallest absolute Gasteiger partial charge is 0.224 e. The van der Waals surface area contributed by atoms with Crippen LogP contribution in [0.4, 0.5) is 5.69 Å². The average Bonchev–Trinajstić information content (AvgIpc) is 2.85. The molecule has 136 valence electrons. The molecule has 0 bridgehead atoms. The maximum atomic E-state index is 12.0. The third-order valence-corrected chi connectivity index (χ3v) is 5.21. The lowest BCUT2D eigenvalue weighted by molar-refractivity contribution is -0.120. The van der Waals surface area contributed by atoms with Crippen molar-refractivity contribution in [2.24, 2.45) is 0 Å². The van der Waals surface area contributed by atoms with E-state index in [1.165, 1.54) is 16.7 Å². The van der Waals surface area contributed by atoms with E-state index < -0.39 is 0 Å². The quantitative estimate of drug-likeness (QED) is 0.714. The van der Waals surface area contributed by atoms with Crippen LogP contribution in [0.2, 0.25) is 0 Å². The summed E-state index contributed by atoms with van der Waals surface area (Å²) >= 11 is 0. The van der Waals surface area contributed by atoms with Gasteiger partial charge in [-0.15, -0.1) is 0 Å². The van der Waals surface area contributed by atoms with Gasteiger partial charge < -0.3 is 10.6 Å². The second-order valence-electron chi connectivity index (χ2n) is 7.19. The van der Waals surface area contributed by atoms with E-state index in [0.717, 1.165) is 11.3 Å². The number of nitrogens with one attached hydrogen (secondary N) is 2. The molecule has 1 amide bonds. The molecule has 1 aliphatic rings. The van der Waals surface area contributed by atoms with Crippen LogP contribution in [0.15, 0.2) is 78.9 Å². The largest absolute Gasteiger partial charge is 0.374 e. The molecule has 1 aliphatic heterocycles. The van der Waals surface area contributed by atoms with E-state index >= 15 is 0 Å². The van der Waals surface area contributed by atoms with E-state index in [1.54, 1.807) is 0 Å². The van der Waals surface area contributed by atoms with Crippen LogP contribution >= 0.6 is 0 Å². The number of fused-ring (bicyclic) bond motifs is 1. The minimum atomic E-state index is 0.0579. The summed E-state index contributed by atoms with van der Waals surface area (Å²) in [5.41, 5.74) is 5.83. The number of carbonyl (C=O) groups is 1. The first-order valence-corrected chi connectivity index (χ1v) is 9.46. The molecule has 3 heteroatoms. The van der Waals surface area contributed by atoms with Gasteiger partial charge in [0.15, 0.2) is 0 Å². The van der Waals surface area contributed by atoms with Gasteiger partial charge in [0.1, 0.15) is 0 Å². The van der Waals surface area contributed by atoms with Crippen LogP contribution in [0.25, 0.3) is 0 Å². The van der Waals surface area contributed by atoms with Gasteiger partial charge in [0.05, 0.1) is 12.5 Å². The van der Waals surface area contributed by atoms with E-state index in [0.29, 0.717) is 18.9 Å². The molecule has 3 nitrogen and oxygen atoms in total. The molecule has 27 heavy (non-hydrogen) atoms. The third-order valence-electron chi connectivity index (χ3n) is 5.21. The van der Waals surface area contributed by atoms with Gasteiger partial charge in [-0.2, -0.15) is 0 Å². The number of hydrogen-bond acceptors (Lipinski definition) is 2. The lowest BCUT2D eigenvalue weighted by Gasteiger charge is -2.22. The van der Waals surface area contributed by atoms with Crippen molar-refractivity contribution in [1.29, 1.82) is 0 Å². The second kappa shape index (κ2) is 7.67. The van der Waals surface area contributed by atoms with Crippen LogP contribution in [0, 0.1) is 0 Å². The molecule has 3 aromatic carbocycles. The van der Waals surface area contributed by atoms with Gasteiger partial charge in [0.25, 0.3) is 0 Å². The molecule has 0 saturated carbocycles. The highest BCUT2D eigenvalue weighted by atomic mass is 16.1. The normalized spacial score (nSPS) is 16.4. The lowest BCUT2D eigenvalue weighted by Crippen LogP contribution is -2.25. The topological polar surface area (TPSA) is 41.1 Å². The van der Waals surface area contributed by atoms with Crippen molar-refractivity contribution in [2.45, 2.75) is 25.3 Å². The highest BCUT2D eigenvalue weighted by Gasteiger charge is 2.20. The maximum Gasteiger partial charge on any atom is 0.224 e. The summed E-state index contributed by atoms with van der Waals surface area (Å²) < 4.78 is 0. The molecule has 0 radical (unpaired) electrons. The molecule has 0 fully saturated rings. The average molecular weight is 356 g/mol. The molecule has 1 atom stereocenters. The SMILES string of the molecule is CC1CNC(=O)Cc2cc(NC(c3ccccc3)c3ccccc3)ccc21. The summed E-state index contributed by atoms with van der Waals surface area (Å²) in [6.07, 6.45) is 0.441. The van der Waals surface area contributed by atoms with Gasteiger partial charge in [-0.05, 0) is 40.3 Å². The maximum absolute atomic E-state index is 12.0. The van der Waals surface area contributed by atoms with Crippen molar-refractivity contribution in [2.75, 3.05) is 11.9 Å². The Labute approximate surface area is 160 Å². The zero-order valence-electron chi connectivity index (χ0n) is 15.5. The first-order chi connectivity index (χ1) is 13.2. The van der Waals surface area contributed by atoms with Gasteiger partial charge in [0, 0.05) is 12.2 Å². The highest BCUT2D eigenvalue weighted by Crippen LogP contribution is 2.30. The lowest BCUT2D eigenvalue weighted by atomic mass is 9.94. The fourth-order valence-corrected chi connectivity index (χ4v) is 3.76. The molecule has 0 spiro atoms. The molecule has 0 saturated heterocycles. The van der Waals surface area contributed by atoms with Crippen LogP contribution in [-0.2, 0) is 11.2 Å². The third kappa shape index (κ3) is 3.87. The van der Waals surface area contributed by atoms with Crippen LogP contribution < -0.4 is 10.6 Å². The van der Waals surface area contributed by atoms with E-state index in [9.17, 15) is 4.79 Å². The van der Waals surface area contributed by atoms with Gasteiger partial charge in [-0.1, -0.05) is 73.7 Å². The predicted octanol–water partition coefficient (Wildman–Crippen LogP) is 4.66. The zero-order valence-corrected chi connectivity index (χ0v) is 15.5. The Balaban J connectivity index is 1.69. The number of carbonyl (C=O) groups excluding carboxylic acids is 1. The van der Waals surface area contributed by atoms with Gasteiger partial charge in [0.2, 0.25) is 5.91 Å². The molecular formula is C24H24N2O. The molecule has 0 aliphatic carbocycles. The van der Waals surface area contributed by atoms with E-state index in [2.05, 4.69) is 84.3 Å². The fraction of sp³-hybridized carbons (Fsp3) is 0.208. The highest BCUT2D eigenvalue weighted by molar-refractivity contribution is 5.80. The minimum Gasteiger partial charge on any atom is -0.374 e. The minimum absolute atomic E-state index is 0.0579. The fourth-order valence-electron chi connectivity index (χ4n) is 3.76. The Morgan fingerprint density at radius 3 is 2.19 bits per heavy atom. The number of amides is 1. The number of hydrogen-bond donors (Lipinski definition) is 2. The Kier molecular flexibility index (Phi) is 4.93. The van der Waals surface area contributed by atoms with Gasteiger partial charge >= 0.3 is 0 Å². The first-order valence-electron chi connectivity index (χ1n) is 9.46. The van der Waals surface area contributed by atoms with E-state index in [1.807, 2.05) is 12.1 Å². The second-order valence-corrected chi connectivity index (χ2v) is 7.19. The Morgan fingerprint density at radius 2 is 1.56 bits per heavy atom. The van der Waals surface area contributed by atoms with Crippen LogP contribution in [0.5, 0.6) is 0 Å². The van der Waals surface area contributed by atoms with Crippen molar-refractivity contribution in [3.63, 3.8) is 0 Å². The Hall–Kier alpha value is -3.07. The van der Waals surface area contributed by atoms with Crippen molar-refractivity contribution in [1.82, 2.24) is 5.32 Å². The number of rotatable bonds is 4. The standard InChI is InChI=1S/C24H24N2O/c1-17-16-25-23(27)15-20-14-21(12-13-22(17)20)26-24(18-8-4-2-5-9-18)19-10-6-3-7-11-19/h2-14,17,24,26H,15-16H2,1H3,(H,25,27). The van der Waals surface area contributed by atoms with Crippen molar-refractivity contribution in [3.05, 3.63) is 101 Å². The van der Waals surface area contributed by atoms with Gasteiger partial charge in [-0.3, -0.25) is 4.79 Å². The van der Waals surface area contributed by atoms with Crippen molar-refractivity contribution >= 4 is 11.6 Å². The number of anilines is 1. The Morgan fingerprint density at radius 1 is 0.926 bits per heavy atom. The number of benzene rings is 3. The van der Waals surface area contributed by atoms with Crippen molar-refractivity contribution < 1.29 is 4.79 Å². The molecule has 2 N–H and O–H groups in total. The first kappa shape index (κ1) is 17.3. The molecule has 0 aromatic heterocycles. The summed E-state index contributed by atoms with van der Waals surface area (Å²) in [6, 6.07) is 27.4. The molecule has 3 aromatic rings. The van der Waals surface area contributed by atoms with Crippen LogP contribution in [-0.4, -0.2) is 12.5 Å². The van der Waals surface area contributed by atoms with Crippen LogP contribution in [0.3, 0.4) is 0 Å². The molecule has 1 heterocycles. The summed E-state index contributed by atoms with van der Waals surface area (Å²) in [6.45, 7) is 2.86. The van der Waals surface area contributed by atoms with E-state index in [-0.39, 0.29) is 11.9 Å². The summed E-state index contributed by atoms with van der Waals surface area (Å²) in [4.78, 5) is 12.0. The van der Waals surface area contributed by atoms with Crippen molar-refractivity contribution in [3.8, 4) is 0 Å². The summed E-state index contributed by atoms with van der Waals surface area (Å²) in [5.74, 6) is 0.431. The van der Waals surface area contributed by atoms with E-state index in [4.69, 9.17) is 0 Å². The summed E-state index contributed by atoms with van der Waals surface area (Å²) in [7, 11) is 0. The molecule has 1 unspecified atom stereocenters. The Bertz CT molecular complexity index is 882.